The minimum absolute atomic E-state index is 0.418. The van der Waals surface area contributed by atoms with Crippen LogP contribution >= 0.6 is 0 Å². The number of nitrogen functional groups attached to an aromatic ring is 1. The summed E-state index contributed by atoms with van der Waals surface area (Å²) in [7, 11) is 0. The number of anilines is 2. The normalized spacial score (nSPS) is 16.8. The van der Waals surface area contributed by atoms with Crippen LogP contribution in [0.5, 0.6) is 0 Å². The molecule has 1 fully saturated rings. The number of hydrogen-bond donors (Lipinski definition) is 3. The van der Waals surface area contributed by atoms with E-state index in [4.69, 9.17) is 10.6 Å². The molecule has 1 aliphatic heterocycles. The zero-order chi connectivity index (χ0) is 11.9. The first-order chi connectivity index (χ1) is 8.38. The van der Waals surface area contributed by atoms with Gasteiger partial charge < -0.3 is 10.1 Å². The van der Waals surface area contributed by atoms with Crippen molar-refractivity contribution in [2.24, 2.45) is 5.84 Å². The van der Waals surface area contributed by atoms with Gasteiger partial charge in [-0.1, -0.05) is 0 Å². The first kappa shape index (κ1) is 12.0. The molecule has 94 valence electrons. The molecule has 1 aliphatic rings. The second-order valence-electron chi connectivity index (χ2n) is 3.79. The molecule has 7 heteroatoms. The number of morpholine rings is 1. The van der Waals surface area contributed by atoms with Crippen molar-refractivity contribution in [3.8, 4) is 0 Å². The molecule has 0 saturated carbocycles. The van der Waals surface area contributed by atoms with Gasteiger partial charge in [0.25, 0.3) is 0 Å². The zero-order valence-corrected chi connectivity index (χ0v) is 9.72. The van der Waals surface area contributed by atoms with Crippen LogP contribution in [0.1, 0.15) is 0 Å². The third-order valence-electron chi connectivity index (χ3n) is 2.62. The summed E-state index contributed by atoms with van der Waals surface area (Å²) in [6.45, 7) is 5.49. The third kappa shape index (κ3) is 3.81. The van der Waals surface area contributed by atoms with Gasteiger partial charge in [-0.15, -0.1) is 0 Å². The van der Waals surface area contributed by atoms with Crippen molar-refractivity contribution in [1.29, 1.82) is 0 Å². The molecule has 1 aromatic heterocycles. The number of nitrogens with two attached hydrogens (primary N) is 1. The summed E-state index contributed by atoms with van der Waals surface area (Å²) in [6, 6.07) is 1.82. The second kappa shape index (κ2) is 6.33. The Labute approximate surface area is 100 Å². The fourth-order valence-electron chi connectivity index (χ4n) is 1.69. The van der Waals surface area contributed by atoms with Crippen LogP contribution in [0.15, 0.2) is 12.3 Å². The van der Waals surface area contributed by atoms with E-state index in [1.54, 1.807) is 6.20 Å². The summed E-state index contributed by atoms with van der Waals surface area (Å²) in [4.78, 5) is 10.5. The molecule has 0 amide bonds. The predicted octanol–water partition coefficient (Wildman–Crippen LogP) is -0.494. The molecule has 0 spiro atoms. The minimum Gasteiger partial charge on any atom is -0.379 e. The molecule has 1 saturated heterocycles. The van der Waals surface area contributed by atoms with Gasteiger partial charge >= 0.3 is 0 Å². The van der Waals surface area contributed by atoms with Crippen LogP contribution in [0.4, 0.5) is 11.8 Å². The number of ether oxygens (including phenoxy) is 1. The molecule has 0 aromatic carbocycles. The Kier molecular flexibility index (Phi) is 4.48. The van der Waals surface area contributed by atoms with E-state index in [-0.39, 0.29) is 0 Å². The Balaban J connectivity index is 1.73. The van der Waals surface area contributed by atoms with E-state index in [1.165, 1.54) is 0 Å². The van der Waals surface area contributed by atoms with E-state index in [2.05, 4.69) is 25.6 Å². The second-order valence-corrected chi connectivity index (χ2v) is 3.79. The first-order valence-electron chi connectivity index (χ1n) is 5.72. The largest absolute Gasteiger partial charge is 0.379 e. The van der Waals surface area contributed by atoms with Gasteiger partial charge in [0.2, 0.25) is 5.95 Å². The molecule has 0 bridgehead atoms. The lowest BCUT2D eigenvalue weighted by molar-refractivity contribution is 0.0398. The SMILES string of the molecule is NNc1nccc(NCCN2CCOCC2)n1. The summed E-state index contributed by atoms with van der Waals surface area (Å²) in [5, 5.41) is 3.24. The van der Waals surface area contributed by atoms with E-state index in [0.717, 1.165) is 45.2 Å². The van der Waals surface area contributed by atoms with Gasteiger partial charge in [0.1, 0.15) is 5.82 Å². The summed E-state index contributed by atoms with van der Waals surface area (Å²) >= 11 is 0. The van der Waals surface area contributed by atoms with Gasteiger partial charge in [0, 0.05) is 32.4 Å². The lowest BCUT2D eigenvalue weighted by Gasteiger charge is -2.26. The van der Waals surface area contributed by atoms with E-state index in [0.29, 0.717) is 5.95 Å². The molecule has 2 heterocycles. The van der Waals surface area contributed by atoms with Crippen LogP contribution in [0.3, 0.4) is 0 Å². The van der Waals surface area contributed by atoms with Crippen molar-refractivity contribution in [3.05, 3.63) is 12.3 Å². The van der Waals surface area contributed by atoms with E-state index >= 15 is 0 Å². The third-order valence-corrected chi connectivity index (χ3v) is 2.62. The van der Waals surface area contributed by atoms with Crippen LogP contribution in [0.25, 0.3) is 0 Å². The van der Waals surface area contributed by atoms with E-state index < -0.39 is 0 Å². The lowest BCUT2D eigenvalue weighted by atomic mass is 10.4. The van der Waals surface area contributed by atoms with E-state index in [1.807, 2.05) is 6.07 Å². The van der Waals surface area contributed by atoms with Crippen LogP contribution in [-0.4, -0.2) is 54.3 Å². The molecule has 4 N–H and O–H groups in total. The molecule has 17 heavy (non-hydrogen) atoms. The highest BCUT2D eigenvalue weighted by atomic mass is 16.5. The van der Waals surface area contributed by atoms with Gasteiger partial charge in [-0.2, -0.15) is 4.98 Å². The van der Waals surface area contributed by atoms with Crippen LogP contribution in [0.2, 0.25) is 0 Å². The monoisotopic (exact) mass is 238 g/mol. The number of nitrogens with zero attached hydrogens (tertiary/aromatic N) is 3. The topological polar surface area (TPSA) is 88.3 Å². The number of hydrogen-bond acceptors (Lipinski definition) is 7. The van der Waals surface area contributed by atoms with Crippen molar-refractivity contribution >= 4 is 11.8 Å². The standard InChI is InChI=1S/C10H18N6O/c11-15-10-13-2-1-9(14-10)12-3-4-16-5-7-17-8-6-16/h1-2H,3-8,11H2,(H2,12,13,14,15). The van der Waals surface area contributed by atoms with Gasteiger partial charge in [-0.25, -0.2) is 10.8 Å². The van der Waals surface area contributed by atoms with Crippen LogP contribution in [0, 0.1) is 0 Å². The lowest BCUT2D eigenvalue weighted by Crippen LogP contribution is -2.39. The average molecular weight is 238 g/mol. The molecule has 7 nitrogen and oxygen atoms in total. The maximum absolute atomic E-state index is 5.29. The summed E-state index contributed by atoms with van der Waals surface area (Å²) in [5.74, 6) is 6.44. The Morgan fingerprint density at radius 3 is 3.00 bits per heavy atom. The predicted molar refractivity (Wildman–Crippen MR) is 65.6 cm³/mol. The van der Waals surface area contributed by atoms with Crippen molar-refractivity contribution in [3.63, 3.8) is 0 Å². The maximum Gasteiger partial charge on any atom is 0.239 e. The molecule has 0 unspecified atom stereocenters. The summed E-state index contributed by atoms with van der Waals surface area (Å²) in [6.07, 6.45) is 1.67. The Hall–Kier alpha value is -1.44. The number of aromatic nitrogens is 2. The van der Waals surface area contributed by atoms with Gasteiger partial charge in [-0.05, 0) is 6.07 Å². The molecule has 0 atom stereocenters. The highest BCUT2D eigenvalue weighted by Gasteiger charge is 2.09. The van der Waals surface area contributed by atoms with Gasteiger partial charge in [0.15, 0.2) is 0 Å². The van der Waals surface area contributed by atoms with Crippen molar-refractivity contribution in [1.82, 2.24) is 14.9 Å². The van der Waals surface area contributed by atoms with Gasteiger partial charge in [0.05, 0.1) is 13.2 Å². The van der Waals surface area contributed by atoms with Crippen molar-refractivity contribution in [2.75, 3.05) is 50.1 Å². The highest BCUT2D eigenvalue weighted by molar-refractivity contribution is 5.38. The minimum atomic E-state index is 0.418. The summed E-state index contributed by atoms with van der Waals surface area (Å²) < 4.78 is 5.29. The molecule has 0 radical (unpaired) electrons. The molecular formula is C10H18N6O. The highest BCUT2D eigenvalue weighted by Crippen LogP contribution is 2.04. The molecule has 2 rings (SSSR count). The quantitative estimate of drug-likeness (QED) is 0.471. The first-order valence-corrected chi connectivity index (χ1v) is 5.72. The molecule has 0 aliphatic carbocycles. The number of hydrazine groups is 1. The van der Waals surface area contributed by atoms with E-state index in [9.17, 15) is 0 Å². The Morgan fingerprint density at radius 1 is 1.41 bits per heavy atom. The van der Waals surface area contributed by atoms with Crippen LogP contribution < -0.4 is 16.6 Å². The fraction of sp³-hybridized carbons (Fsp3) is 0.600. The van der Waals surface area contributed by atoms with Crippen molar-refractivity contribution in [2.45, 2.75) is 0 Å². The van der Waals surface area contributed by atoms with Gasteiger partial charge in [-0.3, -0.25) is 10.3 Å². The number of rotatable bonds is 5. The van der Waals surface area contributed by atoms with Crippen molar-refractivity contribution < 1.29 is 4.74 Å². The smallest absolute Gasteiger partial charge is 0.239 e. The zero-order valence-electron chi connectivity index (χ0n) is 9.72. The Bertz CT molecular complexity index is 341. The van der Waals surface area contributed by atoms with Crippen LogP contribution in [-0.2, 0) is 4.74 Å². The molecular weight excluding hydrogens is 220 g/mol. The molecule has 1 aromatic rings. The number of nitrogens with one attached hydrogen (secondary N) is 2. The maximum atomic E-state index is 5.29. The fourth-order valence-corrected chi connectivity index (χ4v) is 1.69. The Morgan fingerprint density at radius 2 is 2.24 bits per heavy atom. The average Bonchev–Trinajstić information content (AvgIpc) is 2.40. The summed E-state index contributed by atoms with van der Waals surface area (Å²) in [5.41, 5.74) is 2.42.